The summed E-state index contributed by atoms with van der Waals surface area (Å²) < 4.78 is 12.4. The molecule has 0 saturated carbocycles. The van der Waals surface area contributed by atoms with Crippen LogP contribution in [-0.4, -0.2) is 33.5 Å². The van der Waals surface area contributed by atoms with Crippen molar-refractivity contribution in [3.63, 3.8) is 0 Å². The second-order valence-electron chi connectivity index (χ2n) is 3.49. The zero-order chi connectivity index (χ0) is 11.5. The van der Waals surface area contributed by atoms with Crippen molar-refractivity contribution >= 4 is 0 Å². The minimum Gasteiger partial charge on any atom is -0.420 e. The van der Waals surface area contributed by atoms with Gasteiger partial charge in [0.2, 0.25) is 5.89 Å². The minimum absolute atomic E-state index is 0.503. The van der Waals surface area contributed by atoms with Crippen molar-refractivity contribution in [2.24, 2.45) is 0 Å². The zero-order valence-corrected chi connectivity index (χ0v) is 9.60. The number of aromatic nitrogens is 4. The molecule has 2 rings (SSSR count). The number of hydrogen-bond acceptors (Lipinski definition) is 5. The highest BCUT2D eigenvalue weighted by atomic mass is 16.5. The van der Waals surface area contributed by atoms with E-state index in [0.29, 0.717) is 24.9 Å². The summed E-state index contributed by atoms with van der Waals surface area (Å²) in [5.41, 5.74) is 1.73. The van der Waals surface area contributed by atoms with Crippen LogP contribution in [0.4, 0.5) is 0 Å². The van der Waals surface area contributed by atoms with Crippen LogP contribution in [0.3, 0.4) is 0 Å². The lowest BCUT2D eigenvalue weighted by Crippen LogP contribution is -2.05. The van der Waals surface area contributed by atoms with Crippen LogP contribution >= 0.6 is 0 Å². The van der Waals surface area contributed by atoms with E-state index in [2.05, 4.69) is 15.2 Å². The van der Waals surface area contributed by atoms with E-state index in [1.54, 1.807) is 20.4 Å². The van der Waals surface area contributed by atoms with E-state index in [1.165, 1.54) is 0 Å². The van der Waals surface area contributed by atoms with Crippen LogP contribution in [0.1, 0.15) is 11.6 Å². The van der Waals surface area contributed by atoms with Gasteiger partial charge in [-0.3, -0.25) is 0 Å². The van der Waals surface area contributed by atoms with Crippen LogP contribution < -0.4 is 0 Å². The fourth-order valence-corrected chi connectivity index (χ4v) is 1.51. The van der Waals surface area contributed by atoms with E-state index in [9.17, 15) is 0 Å². The number of nitrogens with zero attached hydrogens (tertiary/aromatic N) is 4. The Morgan fingerprint density at radius 3 is 2.81 bits per heavy atom. The molecule has 6 heteroatoms. The quantitative estimate of drug-likeness (QED) is 0.777. The average molecular weight is 222 g/mol. The maximum absolute atomic E-state index is 5.41. The van der Waals surface area contributed by atoms with Crippen molar-refractivity contribution < 1.29 is 9.15 Å². The molecule has 0 N–H and O–H groups in total. The molecular formula is C10H14N4O2. The molecule has 0 atom stereocenters. The van der Waals surface area contributed by atoms with Crippen LogP contribution in [0.5, 0.6) is 0 Å². The monoisotopic (exact) mass is 222 g/mol. The maximum atomic E-state index is 5.41. The number of ether oxygens (including phenoxy) is 1. The predicted molar refractivity (Wildman–Crippen MR) is 56.9 cm³/mol. The van der Waals surface area contributed by atoms with Gasteiger partial charge in [0.05, 0.1) is 18.6 Å². The first-order chi connectivity index (χ1) is 7.72. The molecule has 2 aromatic heterocycles. The number of methoxy groups -OCH3 is 1. The second kappa shape index (κ2) is 4.44. The van der Waals surface area contributed by atoms with Gasteiger partial charge in [-0.1, -0.05) is 0 Å². The van der Waals surface area contributed by atoms with Gasteiger partial charge in [0, 0.05) is 20.6 Å². The Bertz CT molecular complexity index is 475. The molecule has 0 radical (unpaired) electrons. The van der Waals surface area contributed by atoms with E-state index in [-0.39, 0.29) is 0 Å². The summed E-state index contributed by atoms with van der Waals surface area (Å²) in [6, 6.07) is 0. The summed E-state index contributed by atoms with van der Waals surface area (Å²) in [4.78, 5) is 4.23. The molecule has 0 aliphatic heterocycles. The number of aryl methyl sites for hydroxylation is 2. The largest absolute Gasteiger partial charge is 0.420 e. The smallest absolute Gasteiger partial charge is 0.266 e. The number of rotatable bonds is 4. The fraction of sp³-hybridized carbons (Fsp3) is 0.500. The van der Waals surface area contributed by atoms with Crippen molar-refractivity contribution in [2.45, 2.75) is 20.4 Å². The van der Waals surface area contributed by atoms with E-state index >= 15 is 0 Å². The fourth-order valence-electron chi connectivity index (χ4n) is 1.51. The third-order valence-corrected chi connectivity index (χ3v) is 2.29. The van der Waals surface area contributed by atoms with Gasteiger partial charge in [0.1, 0.15) is 5.69 Å². The first-order valence-corrected chi connectivity index (χ1v) is 5.03. The Morgan fingerprint density at radius 1 is 1.38 bits per heavy atom. The van der Waals surface area contributed by atoms with Crippen molar-refractivity contribution in [3.8, 4) is 11.6 Å². The molecule has 0 amide bonds. The molecule has 6 nitrogen and oxygen atoms in total. The maximum Gasteiger partial charge on any atom is 0.266 e. The van der Waals surface area contributed by atoms with Crippen molar-refractivity contribution in [3.05, 3.63) is 17.9 Å². The zero-order valence-electron chi connectivity index (χ0n) is 9.60. The third kappa shape index (κ3) is 1.96. The Labute approximate surface area is 93.3 Å². The van der Waals surface area contributed by atoms with Crippen molar-refractivity contribution in [1.82, 2.24) is 19.7 Å². The van der Waals surface area contributed by atoms with Gasteiger partial charge in [-0.2, -0.15) is 0 Å². The normalized spacial score (nSPS) is 10.9. The third-order valence-electron chi connectivity index (χ3n) is 2.29. The highest BCUT2D eigenvalue weighted by Crippen LogP contribution is 2.21. The van der Waals surface area contributed by atoms with E-state index < -0.39 is 0 Å². The van der Waals surface area contributed by atoms with Crippen LogP contribution in [0, 0.1) is 13.8 Å². The Hall–Kier alpha value is -1.69. The molecule has 0 saturated heterocycles. The first-order valence-electron chi connectivity index (χ1n) is 5.03. The molecule has 0 unspecified atom stereocenters. The van der Waals surface area contributed by atoms with Crippen molar-refractivity contribution in [2.75, 3.05) is 13.7 Å². The van der Waals surface area contributed by atoms with Gasteiger partial charge < -0.3 is 13.7 Å². The van der Waals surface area contributed by atoms with Gasteiger partial charge in [0.25, 0.3) is 5.89 Å². The predicted octanol–water partition coefficient (Wildman–Crippen LogP) is 1.20. The average Bonchev–Trinajstić information content (AvgIpc) is 2.82. The highest BCUT2D eigenvalue weighted by molar-refractivity contribution is 5.50. The summed E-state index contributed by atoms with van der Waals surface area (Å²) in [5, 5.41) is 7.82. The number of imidazole rings is 1. The molecule has 16 heavy (non-hydrogen) atoms. The lowest BCUT2D eigenvalue weighted by Gasteiger charge is -2.04. The molecule has 0 aromatic carbocycles. The first kappa shape index (κ1) is 10.8. The molecule has 86 valence electrons. The van der Waals surface area contributed by atoms with Gasteiger partial charge in [-0.05, 0) is 6.92 Å². The topological polar surface area (TPSA) is 66.0 Å². The van der Waals surface area contributed by atoms with Gasteiger partial charge in [-0.25, -0.2) is 4.98 Å². The number of hydrogen-bond donors (Lipinski definition) is 0. The molecule has 2 aromatic rings. The summed E-state index contributed by atoms with van der Waals surface area (Å²) in [7, 11) is 1.67. The van der Waals surface area contributed by atoms with E-state index in [4.69, 9.17) is 9.15 Å². The van der Waals surface area contributed by atoms with Crippen LogP contribution in [0.2, 0.25) is 0 Å². The molecule has 0 spiro atoms. The summed E-state index contributed by atoms with van der Waals surface area (Å²) in [6.45, 7) is 5.02. The molecule has 0 aliphatic carbocycles. The molecule has 2 heterocycles. The van der Waals surface area contributed by atoms with Gasteiger partial charge in [0.15, 0.2) is 0 Å². The van der Waals surface area contributed by atoms with Gasteiger partial charge in [-0.15, -0.1) is 10.2 Å². The standard InChI is InChI=1S/C10H14N4O2/c1-7-9(10-13-12-8(2)16-10)14(6-11-7)4-5-15-3/h6H,4-5H2,1-3H3. The molecule has 0 fully saturated rings. The Morgan fingerprint density at radius 2 is 2.19 bits per heavy atom. The Balaban J connectivity index is 2.35. The van der Waals surface area contributed by atoms with E-state index in [1.807, 2.05) is 11.5 Å². The Kier molecular flexibility index (Phi) is 3.00. The van der Waals surface area contributed by atoms with Crippen molar-refractivity contribution in [1.29, 1.82) is 0 Å². The highest BCUT2D eigenvalue weighted by Gasteiger charge is 2.15. The van der Waals surface area contributed by atoms with Crippen LogP contribution in [0.25, 0.3) is 11.6 Å². The molecular weight excluding hydrogens is 208 g/mol. The molecule has 0 aliphatic rings. The summed E-state index contributed by atoms with van der Waals surface area (Å²) in [6.07, 6.45) is 1.75. The van der Waals surface area contributed by atoms with Gasteiger partial charge >= 0.3 is 0 Å². The lowest BCUT2D eigenvalue weighted by atomic mass is 10.3. The van der Waals surface area contributed by atoms with Crippen LogP contribution in [-0.2, 0) is 11.3 Å². The summed E-state index contributed by atoms with van der Waals surface area (Å²) >= 11 is 0. The van der Waals surface area contributed by atoms with E-state index in [0.717, 1.165) is 11.4 Å². The molecule has 0 bridgehead atoms. The SMILES string of the molecule is COCCn1cnc(C)c1-c1nnc(C)o1. The second-order valence-corrected chi connectivity index (χ2v) is 3.49. The van der Waals surface area contributed by atoms with Crippen LogP contribution in [0.15, 0.2) is 10.7 Å². The minimum atomic E-state index is 0.503. The lowest BCUT2D eigenvalue weighted by molar-refractivity contribution is 0.187. The summed E-state index contributed by atoms with van der Waals surface area (Å²) in [5.74, 6) is 1.05.